The molecular formula is C14H19N3O4. The second kappa shape index (κ2) is 7.88. The molecule has 0 spiro atoms. The summed E-state index contributed by atoms with van der Waals surface area (Å²) < 4.78 is 0. The number of carbonyl (C=O) groups excluding carboxylic acids is 2. The van der Waals surface area contributed by atoms with Gasteiger partial charge in [-0.2, -0.15) is 0 Å². The van der Waals surface area contributed by atoms with Crippen molar-refractivity contribution in [3.63, 3.8) is 0 Å². The van der Waals surface area contributed by atoms with Crippen molar-refractivity contribution in [1.29, 1.82) is 0 Å². The first-order chi connectivity index (χ1) is 9.93. The molecule has 0 saturated heterocycles. The van der Waals surface area contributed by atoms with Crippen LogP contribution in [-0.4, -0.2) is 29.1 Å². The zero-order valence-corrected chi connectivity index (χ0v) is 11.8. The van der Waals surface area contributed by atoms with E-state index in [-0.39, 0.29) is 12.8 Å². The minimum Gasteiger partial charge on any atom is -0.480 e. The number of primary amides is 1. The van der Waals surface area contributed by atoms with Crippen molar-refractivity contribution in [3.8, 4) is 0 Å². The lowest BCUT2D eigenvalue weighted by molar-refractivity contribution is -0.139. The summed E-state index contributed by atoms with van der Waals surface area (Å²) in [5.41, 5.74) is 6.54. The normalized spacial score (nSPS) is 11.5. The number of aliphatic carboxylic acids is 1. The third-order valence-electron chi connectivity index (χ3n) is 2.93. The number of nitrogens with two attached hydrogens (primary N) is 1. The molecule has 7 heteroatoms. The highest BCUT2D eigenvalue weighted by molar-refractivity contribution is 5.93. The molecule has 1 atom stereocenters. The fourth-order valence-corrected chi connectivity index (χ4v) is 1.81. The minimum absolute atomic E-state index is 0.0481. The number of nitrogens with one attached hydrogen (secondary N) is 2. The number of hydrogen-bond acceptors (Lipinski definition) is 3. The molecule has 0 aliphatic carbocycles. The molecule has 0 saturated carbocycles. The van der Waals surface area contributed by atoms with Gasteiger partial charge in [-0.3, -0.25) is 4.79 Å². The number of anilines is 1. The van der Waals surface area contributed by atoms with Gasteiger partial charge in [0.05, 0.1) is 0 Å². The third kappa shape index (κ3) is 5.52. The van der Waals surface area contributed by atoms with Crippen molar-refractivity contribution < 1.29 is 19.5 Å². The largest absolute Gasteiger partial charge is 0.480 e. The number of amides is 3. The Morgan fingerprint density at radius 1 is 1.29 bits per heavy atom. The number of carboxylic acids is 1. The Bertz CT molecular complexity index is 531. The fraction of sp³-hybridized carbons (Fsp3) is 0.357. The van der Waals surface area contributed by atoms with E-state index in [2.05, 4.69) is 10.6 Å². The number of para-hydroxylation sites is 1. The maximum absolute atomic E-state index is 11.8. The molecule has 0 radical (unpaired) electrons. The Hall–Kier alpha value is -2.57. The quantitative estimate of drug-likeness (QED) is 0.601. The van der Waals surface area contributed by atoms with Gasteiger partial charge in [-0.05, 0) is 24.5 Å². The van der Waals surface area contributed by atoms with Crippen LogP contribution in [0.25, 0.3) is 0 Å². The molecule has 1 aromatic rings. The Morgan fingerprint density at radius 3 is 2.52 bits per heavy atom. The molecule has 1 aromatic carbocycles. The lowest BCUT2D eigenvalue weighted by atomic mass is 10.1. The summed E-state index contributed by atoms with van der Waals surface area (Å²) in [6.07, 6.45) is 0.580. The molecule has 0 aliphatic rings. The van der Waals surface area contributed by atoms with Crippen LogP contribution in [0.4, 0.5) is 10.5 Å². The average Bonchev–Trinajstić information content (AvgIpc) is 2.43. The summed E-state index contributed by atoms with van der Waals surface area (Å²) in [5.74, 6) is -1.82. The molecule has 7 nitrogen and oxygen atoms in total. The van der Waals surface area contributed by atoms with Crippen molar-refractivity contribution in [2.45, 2.75) is 32.2 Å². The number of rotatable bonds is 7. The van der Waals surface area contributed by atoms with E-state index in [1.54, 1.807) is 12.1 Å². The van der Waals surface area contributed by atoms with E-state index in [1.165, 1.54) is 0 Å². The summed E-state index contributed by atoms with van der Waals surface area (Å²) in [6.45, 7) is 1.95. The highest BCUT2D eigenvalue weighted by Gasteiger charge is 2.20. The van der Waals surface area contributed by atoms with Gasteiger partial charge in [0.25, 0.3) is 0 Å². The third-order valence-corrected chi connectivity index (χ3v) is 2.93. The van der Waals surface area contributed by atoms with Gasteiger partial charge in [-0.15, -0.1) is 0 Å². The molecule has 0 heterocycles. The molecule has 1 unspecified atom stereocenters. The Kier molecular flexibility index (Phi) is 6.19. The number of urea groups is 1. The maximum Gasteiger partial charge on any atom is 0.326 e. The molecule has 114 valence electrons. The van der Waals surface area contributed by atoms with E-state index in [9.17, 15) is 14.4 Å². The van der Waals surface area contributed by atoms with Crippen LogP contribution >= 0.6 is 0 Å². The Balaban J connectivity index is 2.65. The average molecular weight is 293 g/mol. The molecular weight excluding hydrogens is 274 g/mol. The zero-order chi connectivity index (χ0) is 15.8. The molecule has 1 rings (SSSR count). The smallest absolute Gasteiger partial charge is 0.326 e. The van der Waals surface area contributed by atoms with Crippen molar-refractivity contribution >= 4 is 23.6 Å². The molecule has 0 aromatic heterocycles. The Labute approximate surface area is 122 Å². The zero-order valence-electron chi connectivity index (χ0n) is 11.8. The van der Waals surface area contributed by atoms with Crippen molar-refractivity contribution in [2.75, 3.05) is 5.32 Å². The first-order valence-corrected chi connectivity index (χ1v) is 6.60. The topological polar surface area (TPSA) is 122 Å². The summed E-state index contributed by atoms with van der Waals surface area (Å²) in [6, 6.07) is 5.44. The first kappa shape index (κ1) is 16.5. The lowest BCUT2D eigenvalue weighted by Crippen LogP contribution is -2.43. The van der Waals surface area contributed by atoms with Gasteiger partial charge in [-0.1, -0.05) is 25.1 Å². The van der Waals surface area contributed by atoms with E-state index in [4.69, 9.17) is 10.8 Å². The number of carboxylic acid groups (broad SMARTS) is 1. The predicted molar refractivity (Wildman–Crippen MR) is 77.8 cm³/mol. The standard InChI is InChI=1S/C14H19N3O4/c1-2-9-5-3-4-6-10(9)16-14(21)17-11(13(19)20)7-8-12(15)18/h3-6,11H,2,7-8H2,1H3,(H2,15,18)(H,19,20)(H2,16,17,21). The van der Waals surface area contributed by atoms with Gasteiger partial charge in [0.1, 0.15) is 6.04 Å². The van der Waals surface area contributed by atoms with Crippen LogP contribution in [0.5, 0.6) is 0 Å². The summed E-state index contributed by atoms with van der Waals surface area (Å²) in [7, 11) is 0. The molecule has 0 aliphatic heterocycles. The molecule has 5 N–H and O–H groups in total. The maximum atomic E-state index is 11.8. The van der Waals surface area contributed by atoms with Crippen LogP contribution in [0, 0.1) is 0 Å². The van der Waals surface area contributed by atoms with Gasteiger partial charge in [0.15, 0.2) is 0 Å². The van der Waals surface area contributed by atoms with E-state index in [1.807, 2.05) is 19.1 Å². The van der Waals surface area contributed by atoms with Crippen molar-refractivity contribution in [1.82, 2.24) is 5.32 Å². The number of hydrogen-bond donors (Lipinski definition) is 4. The lowest BCUT2D eigenvalue weighted by Gasteiger charge is -2.15. The predicted octanol–water partition coefficient (Wildman–Crippen LogP) is 1.09. The molecule has 0 bridgehead atoms. The van der Waals surface area contributed by atoms with E-state index in [0.29, 0.717) is 5.69 Å². The number of aryl methyl sites for hydroxylation is 1. The van der Waals surface area contributed by atoms with Crippen LogP contribution in [0.1, 0.15) is 25.3 Å². The van der Waals surface area contributed by atoms with Crippen LogP contribution in [0.15, 0.2) is 24.3 Å². The molecule has 0 fully saturated rings. The second-order valence-corrected chi connectivity index (χ2v) is 4.50. The van der Waals surface area contributed by atoms with Crippen LogP contribution in [0.2, 0.25) is 0 Å². The Morgan fingerprint density at radius 2 is 1.95 bits per heavy atom. The SMILES string of the molecule is CCc1ccccc1NC(=O)NC(CCC(N)=O)C(=O)O. The summed E-state index contributed by atoms with van der Waals surface area (Å²) in [4.78, 5) is 33.6. The molecule has 21 heavy (non-hydrogen) atoms. The highest BCUT2D eigenvalue weighted by atomic mass is 16.4. The van der Waals surface area contributed by atoms with Gasteiger partial charge in [-0.25, -0.2) is 9.59 Å². The van der Waals surface area contributed by atoms with Gasteiger partial charge in [0.2, 0.25) is 5.91 Å². The fourth-order valence-electron chi connectivity index (χ4n) is 1.81. The van der Waals surface area contributed by atoms with Crippen molar-refractivity contribution in [3.05, 3.63) is 29.8 Å². The second-order valence-electron chi connectivity index (χ2n) is 4.50. The van der Waals surface area contributed by atoms with Crippen molar-refractivity contribution in [2.24, 2.45) is 5.73 Å². The van der Waals surface area contributed by atoms with Crippen LogP contribution in [-0.2, 0) is 16.0 Å². The van der Waals surface area contributed by atoms with Gasteiger partial charge < -0.3 is 21.5 Å². The van der Waals surface area contributed by atoms with Crippen LogP contribution in [0.3, 0.4) is 0 Å². The van der Waals surface area contributed by atoms with E-state index < -0.39 is 23.9 Å². The minimum atomic E-state index is -1.21. The summed E-state index contributed by atoms with van der Waals surface area (Å²) in [5, 5.41) is 13.9. The number of carbonyl (C=O) groups is 3. The van der Waals surface area contributed by atoms with Crippen LogP contribution < -0.4 is 16.4 Å². The van der Waals surface area contributed by atoms with E-state index >= 15 is 0 Å². The highest BCUT2D eigenvalue weighted by Crippen LogP contribution is 2.15. The summed E-state index contributed by atoms with van der Waals surface area (Å²) >= 11 is 0. The van der Waals surface area contributed by atoms with Gasteiger partial charge >= 0.3 is 12.0 Å². The van der Waals surface area contributed by atoms with Gasteiger partial charge in [0, 0.05) is 12.1 Å². The molecule has 3 amide bonds. The monoisotopic (exact) mass is 293 g/mol. The first-order valence-electron chi connectivity index (χ1n) is 6.60. The number of benzene rings is 1. The van der Waals surface area contributed by atoms with E-state index in [0.717, 1.165) is 12.0 Å².